The lowest BCUT2D eigenvalue weighted by atomic mass is 10.1. The Labute approximate surface area is 127 Å². The normalized spacial score (nSPS) is 20.9. The summed E-state index contributed by atoms with van der Waals surface area (Å²) in [5.41, 5.74) is 3.26. The van der Waals surface area contributed by atoms with Crippen LogP contribution in [-0.2, 0) is 12.8 Å². The third kappa shape index (κ3) is 2.63. The van der Waals surface area contributed by atoms with Crippen molar-refractivity contribution >= 4 is 5.82 Å². The molecule has 0 bridgehead atoms. The van der Waals surface area contributed by atoms with Crippen molar-refractivity contribution in [1.29, 1.82) is 5.26 Å². The second-order valence-electron chi connectivity index (χ2n) is 6.04. The van der Waals surface area contributed by atoms with Crippen LogP contribution in [0.15, 0.2) is 6.07 Å². The average Bonchev–Trinajstić information content (AvgIpc) is 3.15. The molecule has 4 heteroatoms. The summed E-state index contributed by atoms with van der Waals surface area (Å²) in [7, 11) is 0. The van der Waals surface area contributed by atoms with E-state index in [9.17, 15) is 5.26 Å². The van der Waals surface area contributed by atoms with Gasteiger partial charge in [0.2, 0.25) is 0 Å². The number of rotatable bonds is 4. The number of nitrogens with zero attached hydrogens (tertiary/aromatic N) is 4. The molecule has 1 aromatic heterocycles. The highest BCUT2D eigenvalue weighted by molar-refractivity contribution is 5.57. The van der Waals surface area contributed by atoms with Crippen molar-refractivity contribution in [1.82, 2.24) is 9.88 Å². The predicted octanol–water partition coefficient (Wildman–Crippen LogP) is 2.36. The van der Waals surface area contributed by atoms with Gasteiger partial charge in [-0.3, -0.25) is 4.90 Å². The Bertz CT molecular complexity index is 557. The zero-order chi connectivity index (χ0) is 14.8. The highest BCUT2D eigenvalue weighted by Gasteiger charge is 2.29. The van der Waals surface area contributed by atoms with Gasteiger partial charge in [0.1, 0.15) is 11.9 Å². The summed E-state index contributed by atoms with van der Waals surface area (Å²) in [5.74, 6) is 0.924. The van der Waals surface area contributed by atoms with Crippen molar-refractivity contribution in [3.8, 4) is 6.07 Å². The fraction of sp³-hybridized carbons (Fsp3) is 0.647. The van der Waals surface area contributed by atoms with Gasteiger partial charge in [0.15, 0.2) is 0 Å². The highest BCUT2D eigenvalue weighted by atomic mass is 15.3. The van der Waals surface area contributed by atoms with Gasteiger partial charge in [0.05, 0.1) is 5.56 Å². The number of nitriles is 1. The van der Waals surface area contributed by atoms with Crippen molar-refractivity contribution in [2.75, 3.05) is 31.1 Å². The molecule has 0 N–H and O–H groups in total. The Balaban J connectivity index is 1.83. The van der Waals surface area contributed by atoms with Gasteiger partial charge in [-0.2, -0.15) is 5.26 Å². The van der Waals surface area contributed by atoms with E-state index in [1.165, 1.54) is 24.1 Å². The maximum atomic E-state index is 9.45. The van der Waals surface area contributed by atoms with E-state index in [1.807, 2.05) is 0 Å². The molecular weight excluding hydrogens is 260 g/mol. The fourth-order valence-corrected chi connectivity index (χ4v) is 3.76. The molecule has 0 amide bonds. The third-order valence-corrected chi connectivity index (χ3v) is 4.94. The molecule has 1 fully saturated rings. The summed E-state index contributed by atoms with van der Waals surface area (Å²) in [6, 6.07) is 5.03. The Hall–Kier alpha value is -1.60. The molecule has 2 aliphatic rings. The molecule has 1 atom stereocenters. The Kier molecular flexibility index (Phi) is 4.12. The molecule has 0 aromatic carbocycles. The number of hydrogen-bond acceptors (Lipinski definition) is 4. The zero-order valence-corrected chi connectivity index (χ0v) is 13.1. The van der Waals surface area contributed by atoms with Crippen LogP contribution >= 0.6 is 0 Å². The minimum absolute atomic E-state index is 0.599. The fourth-order valence-electron chi connectivity index (χ4n) is 3.76. The van der Waals surface area contributed by atoms with Crippen LogP contribution in [0.3, 0.4) is 0 Å². The number of pyridine rings is 1. The highest BCUT2D eigenvalue weighted by Crippen LogP contribution is 2.29. The Morgan fingerprint density at radius 1 is 1.38 bits per heavy atom. The van der Waals surface area contributed by atoms with E-state index < -0.39 is 0 Å². The minimum atomic E-state index is 0.599. The number of likely N-dealkylation sites (N-methyl/N-ethyl adjacent to an activating group) is 1. The molecular formula is C17H24N4. The van der Waals surface area contributed by atoms with E-state index in [0.29, 0.717) is 6.04 Å². The number of anilines is 1. The van der Waals surface area contributed by atoms with Crippen molar-refractivity contribution in [3.05, 3.63) is 22.9 Å². The molecule has 0 spiro atoms. The first-order valence-corrected chi connectivity index (χ1v) is 8.18. The van der Waals surface area contributed by atoms with Gasteiger partial charge in [-0.05, 0) is 50.4 Å². The standard InChI is InChI=1S/C17H24N4/c1-3-20(4-2)15-8-9-21(12-15)17-14(11-18)10-13-6-5-7-16(13)19-17/h10,15H,3-9,12H2,1-2H3. The van der Waals surface area contributed by atoms with Crippen molar-refractivity contribution < 1.29 is 0 Å². The Morgan fingerprint density at radius 2 is 2.19 bits per heavy atom. The monoisotopic (exact) mass is 284 g/mol. The first kappa shape index (κ1) is 14.3. The summed E-state index contributed by atoms with van der Waals surface area (Å²) in [6.07, 6.45) is 4.50. The van der Waals surface area contributed by atoms with E-state index in [1.54, 1.807) is 0 Å². The quantitative estimate of drug-likeness (QED) is 0.851. The summed E-state index contributed by atoms with van der Waals surface area (Å²) >= 11 is 0. The van der Waals surface area contributed by atoms with E-state index in [4.69, 9.17) is 4.98 Å². The number of aryl methyl sites for hydroxylation is 2. The van der Waals surface area contributed by atoms with Crippen LogP contribution in [0.1, 0.15) is 43.5 Å². The average molecular weight is 284 g/mol. The molecule has 0 radical (unpaired) electrons. The molecule has 21 heavy (non-hydrogen) atoms. The second-order valence-corrected chi connectivity index (χ2v) is 6.04. The maximum absolute atomic E-state index is 9.45. The lowest BCUT2D eigenvalue weighted by Crippen LogP contribution is -2.37. The van der Waals surface area contributed by atoms with E-state index >= 15 is 0 Å². The van der Waals surface area contributed by atoms with Crippen LogP contribution < -0.4 is 4.90 Å². The smallest absolute Gasteiger partial charge is 0.146 e. The topological polar surface area (TPSA) is 43.2 Å². The summed E-state index contributed by atoms with van der Waals surface area (Å²) < 4.78 is 0. The lowest BCUT2D eigenvalue weighted by molar-refractivity contribution is 0.232. The summed E-state index contributed by atoms with van der Waals surface area (Å²) in [6.45, 7) is 8.65. The first-order valence-electron chi connectivity index (χ1n) is 8.18. The molecule has 1 aliphatic carbocycles. The van der Waals surface area contributed by atoms with Gasteiger partial charge >= 0.3 is 0 Å². The molecule has 3 rings (SSSR count). The Morgan fingerprint density at radius 3 is 2.90 bits per heavy atom. The molecule has 2 heterocycles. The minimum Gasteiger partial charge on any atom is -0.354 e. The SMILES string of the molecule is CCN(CC)C1CCN(c2nc3c(cc2C#N)CCC3)C1. The maximum Gasteiger partial charge on any atom is 0.146 e. The number of fused-ring (bicyclic) bond motifs is 1. The first-order chi connectivity index (χ1) is 10.3. The molecule has 1 aromatic rings. The summed E-state index contributed by atoms with van der Waals surface area (Å²) in [4.78, 5) is 9.67. The van der Waals surface area contributed by atoms with Gasteiger partial charge in [-0.25, -0.2) is 4.98 Å². The van der Waals surface area contributed by atoms with Gasteiger partial charge in [0, 0.05) is 24.8 Å². The van der Waals surface area contributed by atoms with Gasteiger partial charge in [-0.1, -0.05) is 13.8 Å². The van der Waals surface area contributed by atoms with E-state index in [0.717, 1.165) is 50.4 Å². The van der Waals surface area contributed by atoms with Gasteiger partial charge in [-0.15, -0.1) is 0 Å². The van der Waals surface area contributed by atoms with Crippen molar-refractivity contribution in [2.45, 2.75) is 45.6 Å². The van der Waals surface area contributed by atoms with Crippen LogP contribution in [0.25, 0.3) is 0 Å². The molecule has 1 saturated heterocycles. The van der Waals surface area contributed by atoms with Crippen LogP contribution in [0, 0.1) is 11.3 Å². The van der Waals surface area contributed by atoms with Crippen LogP contribution in [0.4, 0.5) is 5.82 Å². The summed E-state index contributed by atoms with van der Waals surface area (Å²) in [5, 5.41) is 9.45. The van der Waals surface area contributed by atoms with Crippen molar-refractivity contribution in [3.63, 3.8) is 0 Å². The number of hydrogen-bond donors (Lipinski definition) is 0. The van der Waals surface area contributed by atoms with Gasteiger partial charge in [0.25, 0.3) is 0 Å². The zero-order valence-electron chi connectivity index (χ0n) is 13.1. The van der Waals surface area contributed by atoms with Crippen LogP contribution in [-0.4, -0.2) is 42.1 Å². The lowest BCUT2D eigenvalue weighted by Gasteiger charge is -2.26. The van der Waals surface area contributed by atoms with Crippen LogP contribution in [0.5, 0.6) is 0 Å². The predicted molar refractivity (Wildman–Crippen MR) is 84.5 cm³/mol. The molecule has 112 valence electrons. The van der Waals surface area contributed by atoms with E-state index in [2.05, 4.69) is 35.8 Å². The van der Waals surface area contributed by atoms with Crippen molar-refractivity contribution in [2.24, 2.45) is 0 Å². The number of aromatic nitrogens is 1. The van der Waals surface area contributed by atoms with Gasteiger partial charge < -0.3 is 4.90 Å². The third-order valence-electron chi connectivity index (χ3n) is 4.94. The van der Waals surface area contributed by atoms with Crippen LogP contribution in [0.2, 0.25) is 0 Å². The second kappa shape index (κ2) is 6.03. The largest absolute Gasteiger partial charge is 0.354 e. The molecule has 4 nitrogen and oxygen atoms in total. The molecule has 0 saturated carbocycles. The van der Waals surface area contributed by atoms with E-state index in [-0.39, 0.29) is 0 Å². The molecule has 1 aliphatic heterocycles. The molecule has 1 unspecified atom stereocenters.